The van der Waals surface area contributed by atoms with E-state index in [-0.39, 0.29) is 11.8 Å². The number of amides is 1. The van der Waals surface area contributed by atoms with Crippen LogP contribution in [0.1, 0.15) is 92.0 Å². The highest BCUT2D eigenvalue weighted by molar-refractivity contribution is 6.12. The number of aryl methyl sites for hydroxylation is 1. The van der Waals surface area contributed by atoms with E-state index in [9.17, 15) is 4.79 Å². The Morgan fingerprint density at radius 3 is 2.21 bits per heavy atom. The van der Waals surface area contributed by atoms with E-state index in [2.05, 4.69) is 87.0 Å². The minimum absolute atomic E-state index is 0.0520. The Morgan fingerprint density at radius 2 is 1.67 bits per heavy atom. The number of benzene rings is 1. The number of allylic oxidation sites excluding steroid dienone is 5. The van der Waals surface area contributed by atoms with Gasteiger partial charge in [0.1, 0.15) is 0 Å². The van der Waals surface area contributed by atoms with E-state index in [4.69, 9.17) is 10.3 Å². The van der Waals surface area contributed by atoms with Gasteiger partial charge in [-0.25, -0.2) is 0 Å². The molecule has 1 amide bonds. The number of carbonyl (C=O) groups is 1. The summed E-state index contributed by atoms with van der Waals surface area (Å²) >= 11 is 0. The Labute approximate surface area is 261 Å². The average molecular weight is 584 g/mol. The molecule has 6 nitrogen and oxygen atoms in total. The Kier molecular flexibility index (Phi) is 17.9. The van der Waals surface area contributed by atoms with Crippen LogP contribution in [0.2, 0.25) is 0 Å². The number of aromatic nitrogens is 1. The van der Waals surface area contributed by atoms with Crippen molar-refractivity contribution in [2.45, 2.75) is 81.6 Å². The molecule has 1 saturated heterocycles. The van der Waals surface area contributed by atoms with Crippen molar-refractivity contribution in [1.82, 2.24) is 14.8 Å². The van der Waals surface area contributed by atoms with Gasteiger partial charge in [-0.1, -0.05) is 90.4 Å². The fourth-order valence-electron chi connectivity index (χ4n) is 4.79. The Bertz CT molecular complexity index is 1270. The maximum atomic E-state index is 12.4. The molecule has 0 atom stereocenters. The number of rotatable bonds is 9. The van der Waals surface area contributed by atoms with Gasteiger partial charge in [0.15, 0.2) is 0 Å². The Balaban J connectivity index is 0.000000592. The molecule has 0 radical (unpaired) electrons. The van der Waals surface area contributed by atoms with Gasteiger partial charge < -0.3 is 9.80 Å². The lowest BCUT2D eigenvalue weighted by atomic mass is 9.92. The first-order valence-corrected chi connectivity index (χ1v) is 15.8. The number of hydrogen-bond acceptors (Lipinski definition) is 5. The number of hydrogen-bond donors (Lipinski definition) is 0. The minimum atomic E-state index is 0.0520. The molecule has 1 aromatic heterocycles. The van der Waals surface area contributed by atoms with Gasteiger partial charge in [0, 0.05) is 67.2 Å². The number of nitrogens with zero attached hydrogens (tertiary/aromatic N) is 5. The number of piperazine rings is 1. The van der Waals surface area contributed by atoms with Crippen molar-refractivity contribution >= 4 is 17.2 Å². The molecule has 0 aliphatic carbocycles. The van der Waals surface area contributed by atoms with Gasteiger partial charge in [0.2, 0.25) is 5.91 Å². The van der Waals surface area contributed by atoms with Crippen LogP contribution < -0.4 is 0 Å². The first-order valence-electron chi connectivity index (χ1n) is 15.8. The molecule has 6 heteroatoms. The van der Waals surface area contributed by atoms with Gasteiger partial charge in [0.05, 0.1) is 11.6 Å². The monoisotopic (exact) mass is 583 g/mol. The van der Waals surface area contributed by atoms with Crippen molar-refractivity contribution in [3.8, 4) is 6.07 Å². The lowest BCUT2D eigenvalue weighted by Crippen LogP contribution is -2.49. The second-order valence-electron chi connectivity index (χ2n) is 10.4. The van der Waals surface area contributed by atoms with Crippen molar-refractivity contribution in [3.05, 3.63) is 95.1 Å². The molecule has 232 valence electrons. The molecule has 0 saturated carbocycles. The van der Waals surface area contributed by atoms with Crippen LogP contribution in [-0.2, 0) is 11.2 Å². The van der Waals surface area contributed by atoms with Crippen LogP contribution in [-0.4, -0.2) is 52.6 Å². The summed E-state index contributed by atoms with van der Waals surface area (Å²) < 4.78 is 0. The zero-order chi connectivity index (χ0) is 32.2. The molecule has 1 fully saturated rings. The molecule has 1 aromatic carbocycles. The summed E-state index contributed by atoms with van der Waals surface area (Å²) in [6.45, 7) is 21.7. The molecular formula is C37H53N5O. The molecule has 43 heavy (non-hydrogen) atoms. The summed E-state index contributed by atoms with van der Waals surface area (Å²) in [4.78, 5) is 25.6. The van der Waals surface area contributed by atoms with Gasteiger partial charge in [-0.3, -0.25) is 14.8 Å². The van der Waals surface area contributed by atoms with E-state index in [1.54, 1.807) is 12.3 Å². The van der Waals surface area contributed by atoms with Crippen molar-refractivity contribution in [2.24, 2.45) is 10.9 Å². The summed E-state index contributed by atoms with van der Waals surface area (Å²) in [6, 6.07) is 16.1. The third kappa shape index (κ3) is 12.0. The van der Waals surface area contributed by atoms with Crippen LogP contribution in [0.4, 0.5) is 0 Å². The lowest BCUT2D eigenvalue weighted by Gasteiger charge is -2.38. The summed E-state index contributed by atoms with van der Waals surface area (Å²) in [5.41, 5.74) is 7.49. The first-order chi connectivity index (χ1) is 20.8. The van der Waals surface area contributed by atoms with Gasteiger partial charge in [-0.2, -0.15) is 5.26 Å². The highest BCUT2D eigenvalue weighted by atomic mass is 16.2. The zero-order valence-corrected chi connectivity index (χ0v) is 28.0. The quantitative estimate of drug-likeness (QED) is 0.219. The molecule has 0 unspecified atom stereocenters. The minimum Gasteiger partial charge on any atom is -0.371 e. The predicted octanol–water partition coefficient (Wildman–Crippen LogP) is 8.48. The van der Waals surface area contributed by atoms with Crippen LogP contribution in [0.3, 0.4) is 0 Å². The standard InChI is InChI=1S/C26H37N3O.C9H10N2.C2H6/c1-7-9-15-27-21(5)25(24(8-2)23-13-11-10-12-14-23)22(6)28-16-18-29(19-17-28)26(30)20(3)4;1-2-3-9-6-8(7-10)4-5-11-9;1-2/h8-15,20H,7,16-19H2,1-6H3;4-6H,2-3H2,1H3;1-2H3/b15-9+,24-8-,25-22-,27-21+;;. The maximum absolute atomic E-state index is 12.4. The van der Waals surface area contributed by atoms with Crippen LogP contribution >= 0.6 is 0 Å². The van der Waals surface area contributed by atoms with E-state index < -0.39 is 0 Å². The van der Waals surface area contributed by atoms with Crippen LogP contribution in [0, 0.1) is 17.2 Å². The molecule has 2 aromatic rings. The fraction of sp³-hybridized carbons (Fsp3) is 0.459. The molecule has 0 bridgehead atoms. The first kappa shape index (κ1) is 37.0. The summed E-state index contributed by atoms with van der Waals surface area (Å²) in [6.07, 6.45) is 10.8. The summed E-state index contributed by atoms with van der Waals surface area (Å²) in [5.74, 6) is 0.300. The molecule has 0 spiro atoms. The third-order valence-electron chi connectivity index (χ3n) is 6.99. The van der Waals surface area contributed by atoms with E-state index >= 15 is 0 Å². The topological polar surface area (TPSA) is 72.6 Å². The number of pyridine rings is 1. The molecule has 3 rings (SSSR count). The number of nitriles is 1. The van der Waals surface area contributed by atoms with Gasteiger partial charge in [-0.05, 0) is 56.9 Å². The van der Waals surface area contributed by atoms with E-state index in [1.807, 2.05) is 50.9 Å². The van der Waals surface area contributed by atoms with Gasteiger partial charge >= 0.3 is 0 Å². The van der Waals surface area contributed by atoms with E-state index in [1.165, 1.54) is 22.4 Å². The fourth-order valence-corrected chi connectivity index (χ4v) is 4.79. The number of carbonyl (C=O) groups excluding carboxylic acids is 1. The highest BCUT2D eigenvalue weighted by Crippen LogP contribution is 2.29. The third-order valence-corrected chi connectivity index (χ3v) is 6.99. The summed E-state index contributed by atoms with van der Waals surface area (Å²) in [5, 5.41) is 8.55. The Morgan fingerprint density at radius 1 is 1.05 bits per heavy atom. The summed E-state index contributed by atoms with van der Waals surface area (Å²) in [7, 11) is 0. The maximum Gasteiger partial charge on any atom is 0.225 e. The van der Waals surface area contributed by atoms with Crippen molar-refractivity contribution < 1.29 is 4.79 Å². The molecular weight excluding hydrogens is 530 g/mol. The van der Waals surface area contributed by atoms with Crippen molar-refractivity contribution in [1.29, 1.82) is 5.26 Å². The smallest absolute Gasteiger partial charge is 0.225 e. The Hall–Kier alpha value is -3.98. The van der Waals surface area contributed by atoms with Crippen LogP contribution in [0.5, 0.6) is 0 Å². The van der Waals surface area contributed by atoms with Crippen molar-refractivity contribution in [3.63, 3.8) is 0 Å². The molecule has 2 heterocycles. The number of aliphatic imine (C=N–C) groups is 1. The molecule has 0 N–H and O–H groups in total. The highest BCUT2D eigenvalue weighted by Gasteiger charge is 2.25. The second-order valence-corrected chi connectivity index (χ2v) is 10.4. The second kappa shape index (κ2) is 20.8. The molecule has 1 aliphatic rings. The molecule has 1 aliphatic heterocycles. The van der Waals surface area contributed by atoms with Crippen molar-refractivity contribution in [2.75, 3.05) is 26.2 Å². The van der Waals surface area contributed by atoms with Crippen LogP contribution in [0.25, 0.3) is 5.57 Å². The van der Waals surface area contributed by atoms with E-state index in [0.29, 0.717) is 5.56 Å². The zero-order valence-electron chi connectivity index (χ0n) is 28.0. The van der Waals surface area contributed by atoms with E-state index in [0.717, 1.165) is 56.8 Å². The average Bonchev–Trinajstić information content (AvgIpc) is 3.05. The normalized spacial score (nSPS) is 14.3. The lowest BCUT2D eigenvalue weighted by molar-refractivity contribution is -0.135. The van der Waals surface area contributed by atoms with Gasteiger partial charge in [-0.15, -0.1) is 0 Å². The largest absolute Gasteiger partial charge is 0.371 e. The van der Waals surface area contributed by atoms with Crippen LogP contribution in [0.15, 0.2) is 83.3 Å². The predicted molar refractivity (Wildman–Crippen MR) is 183 cm³/mol. The SMILES string of the molecule is CC.CCCc1cc(C#N)ccn1.C\C=C(C(/C(C)=N/C=C/CC)=C(/C)N1CCN(C(=O)C(C)C)CC1)\c1ccccc1. The van der Waals surface area contributed by atoms with Gasteiger partial charge in [0.25, 0.3) is 0 Å².